The van der Waals surface area contributed by atoms with Gasteiger partial charge < -0.3 is 4.74 Å². The summed E-state index contributed by atoms with van der Waals surface area (Å²) in [5.74, 6) is 0.563. The Morgan fingerprint density at radius 2 is 1.93 bits per heavy atom. The number of rotatable bonds is 6. The summed E-state index contributed by atoms with van der Waals surface area (Å²) in [4.78, 5) is 0. The van der Waals surface area contributed by atoms with Crippen LogP contribution < -0.4 is 0 Å². The maximum atomic E-state index is 5.82. The average molecular weight is 213 g/mol. The maximum Gasteiger partial charge on any atom is 0.0719 e. The molecule has 1 rings (SSSR count). The van der Waals surface area contributed by atoms with Gasteiger partial charge in [0.2, 0.25) is 0 Å². The number of halogens is 1. The van der Waals surface area contributed by atoms with Crippen LogP contribution in [0.3, 0.4) is 0 Å². The standard InChI is InChI=1S/C12H17ClO/c1-2-3-8-14-10-12-7-5-4-6-11(12)9-13/h4-7H,2-3,8-10H2,1H3. The number of ether oxygens (including phenoxy) is 1. The van der Waals surface area contributed by atoms with Gasteiger partial charge in [-0.25, -0.2) is 0 Å². The Morgan fingerprint density at radius 3 is 2.57 bits per heavy atom. The van der Waals surface area contributed by atoms with Gasteiger partial charge >= 0.3 is 0 Å². The monoisotopic (exact) mass is 212 g/mol. The highest BCUT2D eigenvalue weighted by molar-refractivity contribution is 6.17. The van der Waals surface area contributed by atoms with Gasteiger partial charge in [-0.15, -0.1) is 11.6 Å². The van der Waals surface area contributed by atoms with E-state index >= 15 is 0 Å². The molecule has 14 heavy (non-hydrogen) atoms. The Labute approximate surface area is 91.0 Å². The summed E-state index contributed by atoms with van der Waals surface area (Å²) >= 11 is 5.82. The first-order valence-electron chi connectivity index (χ1n) is 5.09. The Hall–Kier alpha value is -0.530. The summed E-state index contributed by atoms with van der Waals surface area (Å²) in [6.45, 7) is 3.69. The van der Waals surface area contributed by atoms with Crippen molar-refractivity contribution in [1.29, 1.82) is 0 Å². The van der Waals surface area contributed by atoms with E-state index in [9.17, 15) is 0 Å². The van der Waals surface area contributed by atoms with E-state index < -0.39 is 0 Å². The fourth-order valence-corrected chi connectivity index (χ4v) is 1.52. The number of unbranched alkanes of at least 4 members (excludes halogenated alkanes) is 1. The average Bonchev–Trinajstić information content (AvgIpc) is 2.25. The summed E-state index contributed by atoms with van der Waals surface area (Å²) in [7, 11) is 0. The highest BCUT2D eigenvalue weighted by Gasteiger charge is 1.99. The fraction of sp³-hybridized carbons (Fsp3) is 0.500. The van der Waals surface area contributed by atoms with Gasteiger partial charge in [0, 0.05) is 12.5 Å². The van der Waals surface area contributed by atoms with Crippen LogP contribution in [0.2, 0.25) is 0 Å². The number of hydrogen-bond donors (Lipinski definition) is 0. The highest BCUT2D eigenvalue weighted by atomic mass is 35.5. The Balaban J connectivity index is 2.41. The van der Waals surface area contributed by atoms with Gasteiger partial charge in [0.1, 0.15) is 0 Å². The van der Waals surface area contributed by atoms with Gasteiger partial charge in [-0.2, -0.15) is 0 Å². The van der Waals surface area contributed by atoms with Crippen molar-refractivity contribution in [3.8, 4) is 0 Å². The third-order valence-corrected chi connectivity index (χ3v) is 2.45. The molecule has 0 amide bonds. The minimum Gasteiger partial charge on any atom is -0.377 e. The SMILES string of the molecule is CCCCOCc1ccccc1CCl. The first-order chi connectivity index (χ1) is 6.88. The van der Waals surface area contributed by atoms with Crippen LogP contribution in [0.1, 0.15) is 30.9 Å². The molecule has 0 aliphatic rings. The zero-order valence-corrected chi connectivity index (χ0v) is 9.39. The molecule has 1 aromatic rings. The smallest absolute Gasteiger partial charge is 0.0719 e. The van der Waals surface area contributed by atoms with Gasteiger partial charge in [-0.05, 0) is 17.5 Å². The van der Waals surface area contributed by atoms with Gasteiger partial charge in [-0.1, -0.05) is 37.6 Å². The van der Waals surface area contributed by atoms with Crippen LogP contribution in [0.25, 0.3) is 0 Å². The Morgan fingerprint density at radius 1 is 1.21 bits per heavy atom. The number of hydrogen-bond acceptors (Lipinski definition) is 1. The molecule has 0 aliphatic heterocycles. The van der Waals surface area contributed by atoms with E-state index in [-0.39, 0.29) is 0 Å². The van der Waals surface area contributed by atoms with Gasteiger partial charge in [0.15, 0.2) is 0 Å². The molecule has 0 atom stereocenters. The normalized spacial score (nSPS) is 10.4. The summed E-state index contributed by atoms with van der Waals surface area (Å²) in [6, 6.07) is 8.15. The molecule has 1 aromatic carbocycles. The molecule has 0 aromatic heterocycles. The lowest BCUT2D eigenvalue weighted by Crippen LogP contribution is -1.97. The molecule has 0 fully saturated rings. The second-order valence-electron chi connectivity index (χ2n) is 3.31. The number of benzene rings is 1. The van der Waals surface area contributed by atoms with Crippen LogP contribution in [-0.2, 0) is 17.2 Å². The first-order valence-corrected chi connectivity index (χ1v) is 5.62. The van der Waals surface area contributed by atoms with Gasteiger partial charge in [-0.3, -0.25) is 0 Å². The molecule has 0 N–H and O–H groups in total. The zero-order valence-electron chi connectivity index (χ0n) is 8.63. The second-order valence-corrected chi connectivity index (χ2v) is 3.58. The van der Waals surface area contributed by atoms with Gasteiger partial charge in [0.05, 0.1) is 6.61 Å². The van der Waals surface area contributed by atoms with E-state index in [0.717, 1.165) is 13.0 Å². The molecule has 78 valence electrons. The van der Waals surface area contributed by atoms with Crippen molar-refractivity contribution in [2.45, 2.75) is 32.3 Å². The van der Waals surface area contributed by atoms with Gasteiger partial charge in [0.25, 0.3) is 0 Å². The van der Waals surface area contributed by atoms with E-state index in [4.69, 9.17) is 16.3 Å². The van der Waals surface area contributed by atoms with E-state index in [1.165, 1.54) is 17.5 Å². The molecule has 0 bridgehead atoms. The van der Waals surface area contributed by atoms with Crippen molar-refractivity contribution >= 4 is 11.6 Å². The third kappa shape index (κ3) is 3.69. The topological polar surface area (TPSA) is 9.23 Å². The first kappa shape index (κ1) is 11.5. The van der Waals surface area contributed by atoms with Crippen molar-refractivity contribution in [2.24, 2.45) is 0 Å². The van der Waals surface area contributed by atoms with E-state index in [1.54, 1.807) is 0 Å². The lowest BCUT2D eigenvalue weighted by molar-refractivity contribution is 0.117. The third-order valence-electron chi connectivity index (χ3n) is 2.16. The minimum atomic E-state index is 0.563. The lowest BCUT2D eigenvalue weighted by Gasteiger charge is -2.07. The second kappa shape index (κ2) is 6.86. The van der Waals surface area contributed by atoms with Crippen LogP contribution in [0, 0.1) is 0 Å². The Bertz CT molecular complexity index is 260. The van der Waals surface area contributed by atoms with Crippen LogP contribution in [-0.4, -0.2) is 6.61 Å². The quantitative estimate of drug-likeness (QED) is 0.516. The summed E-state index contributed by atoms with van der Waals surface area (Å²) < 4.78 is 5.54. The zero-order chi connectivity index (χ0) is 10.2. The predicted octanol–water partition coefficient (Wildman–Crippen LogP) is 3.74. The van der Waals surface area contributed by atoms with Crippen molar-refractivity contribution in [3.05, 3.63) is 35.4 Å². The molecular formula is C12H17ClO. The highest BCUT2D eigenvalue weighted by Crippen LogP contribution is 2.12. The van der Waals surface area contributed by atoms with E-state index in [2.05, 4.69) is 13.0 Å². The predicted molar refractivity (Wildman–Crippen MR) is 60.6 cm³/mol. The molecule has 0 saturated carbocycles. The van der Waals surface area contributed by atoms with Crippen molar-refractivity contribution in [2.75, 3.05) is 6.61 Å². The molecule has 0 spiro atoms. The molecule has 0 heterocycles. The van der Waals surface area contributed by atoms with Crippen LogP contribution in [0.15, 0.2) is 24.3 Å². The maximum absolute atomic E-state index is 5.82. The van der Waals surface area contributed by atoms with Crippen LogP contribution in [0.4, 0.5) is 0 Å². The lowest BCUT2D eigenvalue weighted by atomic mass is 10.1. The van der Waals surface area contributed by atoms with E-state index in [0.29, 0.717) is 12.5 Å². The molecule has 2 heteroatoms. The molecule has 0 radical (unpaired) electrons. The fourth-order valence-electron chi connectivity index (χ4n) is 1.26. The molecule has 0 unspecified atom stereocenters. The largest absolute Gasteiger partial charge is 0.377 e. The molecule has 0 saturated heterocycles. The minimum absolute atomic E-state index is 0.563. The summed E-state index contributed by atoms with van der Waals surface area (Å²) in [5.41, 5.74) is 2.38. The molecule has 1 nitrogen and oxygen atoms in total. The molecule has 0 aliphatic carbocycles. The summed E-state index contributed by atoms with van der Waals surface area (Å²) in [5, 5.41) is 0. The molecular weight excluding hydrogens is 196 g/mol. The van der Waals surface area contributed by atoms with Crippen molar-refractivity contribution in [3.63, 3.8) is 0 Å². The van der Waals surface area contributed by atoms with Crippen LogP contribution in [0.5, 0.6) is 0 Å². The van der Waals surface area contributed by atoms with Crippen molar-refractivity contribution < 1.29 is 4.74 Å². The summed E-state index contributed by atoms with van der Waals surface area (Å²) in [6.07, 6.45) is 2.31. The number of alkyl halides is 1. The Kier molecular flexibility index (Phi) is 5.65. The van der Waals surface area contributed by atoms with Crippen molar-refractivity contribution in [1.82, 2.24) is 0 Å². The van der Waals surface area contributed by atoms with Crippen LogP contribution >= 0.6 is 11.6 Å². The van der Waals surface area contributed by atoms with E-state index in [1.807, 2.05) is 18.2 Å².